The molecule has 0 unspecified atom stereocenters. The number of aliphatic hydroxyl groups is 1. The normalized spacial score (nSPS) is 23.0. The first-order valence-electron chi connectivity index (χ1n) is 15.7. The molecule has 44 heavy (non-hydrogen) atoms. The maximum absolute atomic E-state index is 13.9. The minimum absolute atomic E-state index is 0.0795. The van der Waals surface area contributed by atoms with Crippen LogP contribution in [-0.2, 0) is 35.1 Å². The molecule has 1 aromatic rings. The number of ether oxygens (including phenoxy) is 3. The van der Waals surface area contributed by atoms with Gasteiger partial charge in [0.1, 0.15) is 17.4 Å². The Balaban J connectivity index is 1.50. The van der Waals surface area contributed by atoms with Crippen LogP contribution < -0.4 is 15.4 Å². The van der Waals surface area contributed by atoms with Crippen LogP contribution in [0.5, 0.6) is 5.75 Å². The predicted molar refractivity (Wildman–Crippen MR) is 163 cm³/mol. The van der Waals surface area contributed by atoms with Crippen molar-refractivity contribution in [1.82, 2.24) is 15.5 Å². The Labute approximate surface area is 259 Å². The number of hydrogen-bond donors (Lipinski definition) is 3. The molecule has 11 nitrogen and oxygen atoms in total. The van der Waals surface area contributed by atoms with Crippen LogP contribution in [-0.4, -0.2) is 104 Å². The number of Topliss-reactive ketones (excluding diaryl/α,β-unsaturated/α-hetero) is 2. The Kier molecular flexibility index (Phi) is 12.1. The van der Waals surface area contributed by atoms with E-state index in [0.717, 1.165) is 36.8 Å². The quantitative estimate of drug-likeness (QED) is 0.187. The van der Waals surface area contributed by atoms with Gasteiger partial charge in [0.2, 0.25) is 11.8 Å². The van der Waals surface area contributed by atoms with Gasteiger partial charge in [0.15, 0.2) is 11.6 Å². The summed E-state index contributed by atoms with van der Waals surface area (Å²) in [5.41, 5.74) is 1.02. The van der Waals surface area contributed by atoms with Gasteiger partial charge >= 0.3 is 0 Å². The number of morpholine rings is 1. The van der Waals surface area contributed by atoms with Crippen LogP contribution in [0.15, 0.2) is 35.9 Å². The van der Waals surface area contributed by atoms with Crippen molar-refractivity contribution >= 4 is 23.4 Å². The molecule has 1 aromatic carbocycles. The molecule has 2 saturated heterocycles. The van der Waals surface area contributed by atoms with E-state index in [-0.39, 0.29) is 31.1 Å². The van der Waals surface area contributed by atoms with Gasteiger partial charge in [0, 0.05) is 25.4 Å². The van der Waals surface area contributed by atoms with Gasteiger partial charge in [-0.3, -0.25) is 24.1 Å². The molecule has 3 N–H and O–H groups in total. The number of aliphatic hydroxyl groups excluding tert-OH is 1. The number of hydrogen-bond acceptors (Lipinski definition) is 9. The lowest BCUT2D eigenvalue weighted by Gasteiger charge is -2.28. The van der Waals surface area contributed by atoms with E-state index >= 15 is 0 Å². The lowest BCUT2D eigenvalue weighted by molar-refractivity contribution is -0.135. The summed E-state index contributed by atoms with van der Waals surface area (Å²) in [4.78, 5) is 55.7. The lowest BCUT2D eigenvalue weighted by atomic mass is 9.87. The summed E-state index contributed by atoms with van der Waals surface area (Å²) in [5.74, 6) is -1.64. The van der Waals surface area contributed by atoms with Gasteiger partial charge in [-0.2, -0.15) is 0 Å². The topological polar surface area (TPSA) is 147 Å². The molecular formula is C33H47N3O8. The van der Waals surface area contributed by atoms with Gasteiger partial charge in [-0.1, -0.05) is 23.8 Å². The monoisotopic (exact) mass is 613 g/mol. The molecular weight excluding hydrogens is 566 g/mol. The Morgan fingerprint density at radius 1 is 1.07 bits per heavy atom. The zero-order chi connectivity index (χ0) is 31.7. The molecule has 5 atom stereocenters. The van der Waals surface area contributed by atoms with E-state index < -0.39 is 41.4 Å². The molecule has 0 bridgehead atoms. The highest BCUT2D eigenvalue weighted by molar-refractivity contribution is 5.98. The predicted octanol–water partition coefficient (Wildman–Crippen LogP) is 1.74. The van der Waals surface area contributed by atoms with Crippen molar-refractivity contribution in [2.45, 2.75) is 82.6 Å². The van der Waals surface area contributed by atoms with E-state index in [1.54, 1.807) is 26.2 Å². The number of nitrogens with zero attached hydrogens (tertiary/aromatic N) is 1. The average Bonchev–Trinajstić information content (AvgIpc) is 3.78. The third kappa shape index (κ3) is 9.69. The van der Waals surface area contributed by atoms with E-state index in [2.05, 4.69) is 16.7 Å². The fourth-order valence-corrected chi connectivity index (χ4v) is 5.80. The number of carbonyl (C=O) groups excluding carboxylic acids is 4. The number of benzene rings is 1. The Morgan fingerprint density at radius 3 is 2.36 bits per heavy atom. The van der Waals surface area contributed by atoms with Crippen molar-refractivity contribution < 1.29 is 38.5 Å². The highest BCUT2D eigenvalue weighted by Crippen LogP contribution is 2.31. The summed E-state index contributed by atoms with van der Waals surface area (Å²) < 4.78 is 16.0. The molecule has 2 amide bonds. The van der Waals surface area contributed by atoms with Crippen molar-refractivity contribution in [1.29, 1.82) is 0 Å². The van der Waals surface area contributed by atoms with Crippen molar-refractivity contribution in [3.05, 3.63) is 41.5 Å². The van der Waals surface area contributed by atoms with E-state index in [1.807, 2.05) is 17.0 Å². The third-order valence-electron chi connectivity index (χ3n) is 8.66. The third-order valence-corrected chi connectivity index (χ3v) is 8.66. The minimum Gasteiger partial charge on any atom is -0.497 e. The highest BCUT2D eigenvalue weighted by Gasteiger charge is 2.50. The summed E-state index contributed by atoms with van der Waals surface area (Å²) in [6, 6.07) is 5.25. The smallest absolute Gasteiger partial charge is 0.234 e. The van der Waals surface area contributed by atoms with Gasteiger partial charge in [-0.15, -0.1) is 0 Å². The largest absolute Gasteiger partial charge is 0.497 e. The zero-order valence-electron chi connectivity index (χ0n) is 26.1. The van der Waals surface area contributed by atoms with Crippen molar-refractivity contribution in [2.75, 3.05) is 46.6 Å². The first-order chi connectivity index (χ1) is 21.1. The summed E-state index contributed by atoms with van der Waals surface area (Å²) in [7, 11) is 1.57. The van der Waals surface area contributed by atoms with Crippen LogP contribution >= 0.6 is 0 Å². The number of carbonyl (C=O) groups is 4. The molecule has 3 aliphatic rings. The Hall–Kier alpha value is -3.12. The molecule has 1 aliphatic carbocycles. The van der Waals surface area contributed by atoms with Crippen molar-refractivity contribution in [3.63, 3.8) is 0 Å². The molecule has 2 aliphatic heterocycles. The maximum Gasteiger partial charge on any atom is 0.234 e. The summed E-state index contributed by atoms with van der Waals surface area (Å²) >= 11 is 0. The highest BCUT2D eigenvalue weighted by atomic mass is 16.6. The average molecular weight is 614 g/mol. The molecule has 2 fully saturated rings. The first kappa shape index (κ1) is 33.8. The van der Waals surface area contributed by atoms with E-state index in [9.17, 15) is 24.3 Å². The number of allylic oxidation sites excluding steroid dienone is 1. The molecule has 2 heterocycles. The molecule has 0 spiro atoms. The van der Waals surface area contributed by atoms with Crippen LogP contribution in [0.4, 0.5) is 0 Å². The SMILES string of the molecule is COc1ccc(C[C@H](CC(=O)[C@@H](NC(=O)CN2CCOCC2)[C@@H](C)O)C(=O)N[C@@H](CC2=CCCCC2)C(=O)[C@@]2(C)CO2)cc1. The van der Waals surface area contributed by atoms with Crippen molar-refractivity contribution in [3.8, 4) is 5.75 Å². The van der Waals surface area contributed by atoms with Crippen LogP contribution in [0.1, 0.15) is 57.9 Å². The van der Waals surface area contributed by atoms with Crippen LogP contribution in [0, 0.1) is 5.92 Å². The Morgan fingerprint density at radius 2 is 1.77 bits per heavy atom. The van der Waals surface area contributed by atoms with Crippen molar-refractivity contribution in [2.24, 2.45) is 5.92 Å². The van der Waals surface area contributed by atoms with Crippen LogP contribution in [0.3, 0.4) is 0 Å². The number of nitrogens with one attached hydrogen (secondary N) is 2. The molecule has 0 aromatic heterocycles. The maximum atomic E-state index is 13.9. The van der Waals surface area contributed by atoms with Gasteiger partial charge in [-0.25, -0.2) is 0 Å². The molecule has 0 radical (unpaired) electrons. The van der Waals surface area contributed by atoms with E-state index in [0.29, 0.717) is 45.1 Å². The van der Waals surface area contributed by atoms with Gasteiger partial charge in [0.05, 0.1) is 45.6 Å². The lowest BCUT2D eigenvalue weighted by Crippen LogP contribution is -2.53. The van der Waals surface area contributed by atoms with Gasteiger partial charge < -0.3 is 30.0 Å². The fraction of sp³-hybridized carbons (Fsp3) is 0.636. The number of amides is 2. The molecule has 242 valence electrons. The number of rotatable bonds is 16. The second-order valence-electron chi connectivity index (χ2n) is 12.4. The second-order valence-corrected chi connectivity index (χ2v) is 12.4. The summed E-state index contributed by atoms with van der Waals surface area (Å²) in [5, 5.41) is 16.1. The second kappa shape index (κ2) is 15.7. The Bertz CT molecular complexity index is 1190. The standard InChI is InChI=1S/C33H47N3O8/c1-22(37)30(35-29(39)20-36-13-15-43-16-14-36)28(38)19-25(17-24-9-11-26(42-3)12-10-24)32(41)34-27(31(40)33(2)21-44-33)18-23-7-5-4-6-8-23/h7,9-12,22,25,27,30,37H,4-6,8,13-21H2,1-3H3,(H,34,41)(H,35,39)/t22-,25-,27+,30+,33-/m1/s1. The number of methoxy groups -OCH3 is 1. The summed E-state index contributed by atoms with van der Waals surface area (Å²) in [6.07, 6.45) is 5.35. The zero-order valence-corrected chi connectivity index (χ0v) is 26.1. The van der Waals surface area contributed by atoms with E-state index in [4.69, 9.17) is 14.2 Å². The fourth-order valence-electron chi connectivity index (χ4n) is 5.80. The van der Waals surface area contributed by atoms with E-state index in [1.165, 1.54) is 6.92 Å². The number of epoxide rings is 1. The van der Waals surface area contributed by atoms with Gasteiger partial charge in [-0.05, 0) is 70.1 Å². The molecule has 0 saturated carbocycles. The number of ketones is 2. The summed E-state index contributed by atoms with van der Waals surface area (Å²) in [6.45, 7) is 5.83. The van der Waals surface area contributed by atoms with Gasteiger partial charge in [0.25, 0.3) is 0 Å². The van der Waals surface area contributed by atoms with Crippen LogP contribution in [0.2, 0.25) is 0 Å². The first-order valence-corrected chi connectivity index (χ1v) is 15.7. The molecule has 11 heteroatoms. The molecule has 4 rings (SSSR count). The van der Waals surface area contributed by atoms with Crippen LogP contribution in [0.25, 0.3) is 0 Å². The minimum atomic E-state index is -1.18.